The summed E-state index contributed by atoms with van der Waals surface area (Å²) in [7, 11) is -3.75. The monoisotopic (exact) mass is 315 g/mol. The van der Waals surface area contributed by atoms with E-state index in [1.807, 2.05) is 0 Å². The number of rotatable bonds is 4. The average molecular weight is 316 g/mol. The molecular weight excluding hydrogens is 305 g/mol. The lowest BCUT2D eigenvalue weighted by atomic mass is 10.2. The zero-order chi connectivity index (χ0) is 14.8. The molecule has 0 saturated carbocycles. The maximum atomic E-state index is 13.0. The predicted molar refractivity (Wildman–Crippen MR) is 73.5 cm³/mol. The van der Waals surface area contributed by atoms with E-state index in [1.165, 1.54) is 36.4 Å². The van der Waals surface area contributed by atoms with Crippen molar-refractivity contribution in [3.63, 3.8) is 0 Å². The Hall–Kier alpha value is -1.63. The first-order chi connectivity index (χ1) is 9.38. The molecule has 0 spiro atoms. The van der Waals surface area contributed by atoms with Gasteiger partial charge in [0.25, 0.3) is 0 Å². The van der Waals surface area contributed by atoms with Gasteiger partial charge >= 0.3 is 0 Å². The molecule has 0 radical (unpaired) electrons. The molecule has 0 heterocycles. The van der Waals surface area contributed by atoms with E-state index in [1.54, 1.807) is 0 Å². The second-order valence-electron chi connectivity index (χ2n) is 4.07. The minimum atomic E-state index is -3.75. The molecule has 0 unspecified atom stereocenters. The standard InChI is InChI=1S/C13H11ClFNO3S/c14-12-6-9(4-5-13(12)15)8-16-20(18,19)11-3-1-2-10(17)7-11/h1-7,16-17H,8H2. The second-order valence-corrected chi connectivity index (χ2v) is 6.24. The van der Waals surface area contributed by atoms with Gasteiger partial charge in [0.1, 0.15) is 11.6 Å². The van der Waals surface area contributed by atoms with Crippen molar-refractivity contribution in [2.45, 2.75) is 11.4 Å². The molecule has 2 aromatic rings. The summed E-state index contributed by atoms with van der Waals surface area (Å²) in [6.07, 6.45) is 0. The summed E-state index contributed by atoms with van der Waals surface area (Å²) >= 11 is 5.62. The third-order valence-electron chi connectivity index (χ3n) is 2.58. The highest BCUT2D eigenvalue weighted by Gasteiger charge is 2.14. The van der Waals surface area contributed by atoms with Gasteiger partial charge in [-0.05, 0) is 35.9 Å². The van der Waals surface area contributed by atoms with Gasteiger partial charge in [0.15, 0.2) is 0 Å². The van der Waals surface area contributed by atoms with Crippen molar-refractivity contribution in [2.24, 2.45) is 0 Å². The lowest BCUT2D eigenvalue weighted by Gasteiger charge is -2.07. The number of nitrogens with one attached hydrogen (secondary N) is 1. The first-order valence-electron chi connectivity index (χ1n) is 5.61. The fraction of sp³-hybridized carbons (Fsp3) is 0.0769. The van der Waals surface area contributed by atoms with Gasteiger partial charge in [0, 0.05) is 6.54 Å². The Kier molecular flexibility index (Phi) is 4.27. The van der Waals surface area contributed by atoms with E-state index in [9.17, 15) is 17.9 Å². The van der Waals surface area contributed by atoms with Gasteiger partial charge in [-0.3, -0.25) is 0 Å². The van der Waals surface area contributed by atoms with Crippen LogP contribution in [-0.2, 0) is 16.6 Å². The summed E-state index contributed by atoms with van der Waals surface area (Å²) in [5.74, 6) is -0.705. The summed E-state index contributed by atoms with van der Waals surface area (Å²) in [5.41, 5.74) is 0.528. The third-order valence-corrected chi connectivity index (χ3v) is 4.27. The number of aromatic hydroxyl groups is 1. The summed E-state index contributed by atoms with van der Waals surface area (Å²) in [6, 6.07) is 9.26. The minimum Gasteiger partial charge on any atom is -0.508 e. The van der Waals surface area contributed by atoms with E-state index in [-0.39, 0.29) is 22.2 Å². The molecular formula is C13H11ClFNO3S. The molecule has 0 aliphatic heterocycles. The maximum Gasteiger partial charge on any atom is 0.241 e. The van der Waals surface area contributed by atoms with Crippen molar-refractivity contribution in [2.75, 3.05) is 0 Å². The Labute approximate surface area is 120 Å². The van der Waals surface area contributed by atoms with E-state index in [0.717, 1.165) is 6.07 Å². The van der Waals surface area contributed by atoms with E-state index >= 15 is 0 Å². The van der Waals surface area contributed by atoms with Crippen LogP contribution in [0.5, 0.6) is 5.75 Å². The molecule has 106 valence electrons. The number of halogens is 2. The Morgan fingerprint density at radius 2 is 1.95 bits per heavy atom. The first kappa shape index (κ1) is 14.8. The molecule has 0 atom stereocenters. The molecule has 0 bridgehead atoms. The molecule has 20 heavy (non-hydrogen) atoms. The van der Waals surface area contributed by atoms with E-state index in [0.29, 0.717) is 5.56 Å². The second kappa shape index (κ2) is 5.78. The fourth-order valence-electron chi connectivity index (χ4n) is 1.56. The number of phenols is 1. The number of hydrogen-bond acceptors (Lipinski definition) is 3. The minimum absolute atomic E-state index is 0.0298. The van der Waals surface area contributed by atoms with Crippen molar-refractivity contribution in [1.29, 1.82) is 0 Å². The molecule has 2 aromatic carbocycles. The number of benzene rings is 2. The quantitative estimate of drug-likeness (QED) is 0.911. The SMILES string of the molecule is O=S(=O)(NCc1ccc(F)c(Cl)c1)c1cccc(O)c1. The summed E-state index contributed by atoms with van der Waals surface area (Å²) in [4.78, 5) is -0.0503. The van der Waals surface area contributed by atoms with Crippen LogP contribution in [-0.4, -0.2) is 13.5 Å². The Morgan fingerprint density at radius 1 is 1.20 bits per heavy atom. The highest BCUT2D eigenvalue weighted by Crippen LogP contribution is 2.18. The lowest BCUT2D eigenvalue weighted by Crippen LogP contribution is -2.23. The van der Waals surface area contributed by atoms with Gasteiger partial charge in [-0.1, -0.05) is 23.7 Å². The van der Waals surface area contributed by atoms with Gasteiger partial charge in [-0.25, -0.2) is 17.5 Å². The van der Waals surface area contributed by atoms with Crippen molar-refractivity contribution in [1.82, 2.24) is 4.72 Å². The van der Waals surface area contributed by atoms with Crippen LogP contribution in [0.1, 0.15) is 5.56 Å². The molecule has 0 fully saturated rings. The molecule has 0 aromatic heterocycles. The van der Waals surface area contributed by atoms with E-state index in [4.69, 9.17) is 11.6 Å². The van der Waals surface area contributed by atoms with Crippen molar-refractivity contribution in [3.05, 3.63) is 58.9 Å². The van der Waals surface area contributed by atoms with Gasteiger partial charge in [-0.2, -0.15) is 0 Å². The van der Waals surface area contributed by atoms with Gasteiger partial charge in [0.05, 0.1) is 9.92 Å². The zero-order valence-electron chi connectivity index (χ0n) is 10.2. The third kappa shape index (κ3) is 3.47. The molecule has 0 amide bonds. The predicted octanol–water partition coefficient (Wildman–Crippen LogP) is 2.66. The number of phenolic OH excluding ortho intramolecular Hbond substituents is 1. The van der Waals surface area contributed by atoms with Crippen LogP contribution in [0.15, 0.2) is 47.4 Å². The number of hydrogen-bond donors (Lipinski definition) is 2. The Balaban J connectivity index is 2.15. The normalized spacial score (nSPS) is 11.5. The Bertz CT molecular complexity index is 734. The van der Waals surface area contributed by atoms with Crippen molar-refractivity contribution < 1.29 is 17.9 Å². The average Bonchev–Trinajstić information content (AvgIpc) is 2.40. The van der Waals surface area contributed by atoms with Crippen LogP contribution < -0.4 is 4.72 Å². The van der Waals surface area contributed by atoms with Crippen molar-refractivity contribution >= 4 is 21.6 Å². The molecule has 7 heteroatoms. The van der Waals surface area contributed by atoms with E-state index in [2.05, 4.69) is 4.72 Å². The van der Waals surface area contributed by atoms with Crippen LogP contribution in [0.25, 0.3) is 0 Å². The fourth-order valence-corrected chi connectivity index (χ4v) is 2.82. The largest absolute Gasteiger partial charge is 0.508 e. The highest BCUT2D eigenvalue weighted by atomic mass is 35.5. The Morgan fingerprint density at radius 3 is 2.60 bits per heavy atom. The van der Waals surface area contributed by atoms with Crippen LogP contribution in [0.4, 0.5) is 4.39 Å². The van der Waals surface area contributed by atoms with Gasteiger partial charge in [0.2, 0.25) is 10.0 Å². The van der Waals surface area contributed by atoms with E-state index < -0.39 is 15.8 Å². The molecule has 0 aliphatic carbocycles. The van der Waals surface area contributed by atoms with Crippen LogP contribution in [0, 0.1) is 5.82 Å². The van der Waals surface area contributed by atoms with Crippen LogP contribution in [0.3, 0.4) is 0 Å². The van der Waals surface area contributed by atoms with Crippen LogP contribution >= 0.6 is 11.6 Å². The lowest BCUT2D eigenvalue weighted by molar-refractivity contribution is 0.473. The molecule has 0 aliphatic rings. The maximum absolute atomic E-state index is 13.0. The molecule has 0 saturated heterocycles. The summed E-state index contributed by atoms with van der Waals surface area (Å²) < 4.78 is 39.3. The van der Waals surface area contributed by atoms with Gasteiger partial charge in [-0.15, -0.1) is 0 Å². The highest BCUT2D eigenvalue weighted by molar-refractivity contribution is 7.89. The number of sulfonamides is 1. The molecule has 2 N–H and O–H groups in total. The van der Waals surface area contributed by atoms with Gasteiger partial charge < -0.3 is 5.11 Å². The summed E-state index contributed by atoms with van der Waals surface area (Å²) in [5, 5.41) is 9.21. The first-order valence-corrected chi connectivity index (χ1v) is 7.47. The van der Waals surface area contributed by atoms with Crippen molar-refractivity contribution in [3.8, 4) is 5.75 Å². The summed E-state index contributed by atoms with van der Waals surface area (Å²) in [6.45, 7) is -0.0298. The molecule has 2 rings (SSSR count). The topological polar surface area (TPSA) is 66.4 Å². The van der Waals surface area contributed by atoms with Crippen LogP contribution in [0.2, 0.25) is 5.02 Å². The molecule has 4 nitrogen and oxygen atoms in total. The smallest absolute Gasteiger partial charge is 0.241 e. The zero-order valence-corrected chi connectivity index (χ0v) is 11.7.